The Morgan fingerprint density at radius 3 is 1.27 bits per heavy atom. The van der Waals surface area contributed by atoms with Crippen LogP contribution in [0.4, 0.5) is 0 Å². The Labute approximate surface area is 155 Å². The monoisotopic (exact) mass is 376 g/mol. The molecule has 0 aliphatic rings. The molecule has 2 unspecified atom stereocenters. The number of amides is 2. The first-order valence-corrected chi connectivity index (χ1v) is 8.78. The van der Waals surface area contributed by atoms with E-state index in [0.717, 1.165) is 13.1 Å². The lowest BCUT2D eigenvalue weighted by molar-refractivity contribution is -0.625. The first-order chi connectivity index (χ1) is 12.2. The predicted octanol–water partition coefficient (Wildman–Crippen LogP) is -4.80. The molecule has 2 atom stereocenters. The lowest BCUT2D eigenvalue weighted by Gasteiger charge is -2.12. The van der Waals surface area contributed by atoms with E-state index < -0.39 is 12.1 Å². The summed E-state index contributed by atoms with van der Waals surface area (Å²) in [4.78, 5) is 44.0. The average molecular weight is 377 g/mol. The number of rotatable bonds is 12. The lowest BCUT2D eigenvalue weighted by atomic mass is 10.2. The fraction of sp³-hybridized carbons (Fsp3) is 0.750. The molecule has 152 valence electrons. The Morgan fingerprint density at radius 2 is 1.08 bits per heavy atom. The minimum atomic E-state index is -0.524. The quantitative estimate of drug-likeness (QED) is 0.199. The number of carbonyl (C=O) groups is 4. The summed E-state index contributed by atoms with van der Waals surface area (Å²) in [7, 11) is 3.78. The van der Waals surface area contributed by atoms with Crippen molar-refractivity contribution in [3.05, 3.63) is 0 Å². The van der Waals surface area contributed by atoms with Crippen LogP contribution in [0.2, 0.25) is 0 Å². The maximum atomic E-state index is 11.1. The van der Waals surface area contributed by atoms with E-state index in [0.29, 0.717) is 12.8 Å². The topological polar surface area (TPSA) is 178 Å². The van der Waals surface area contributed by atoms with Crippen molar-refractivity contribution in [2.45, 2.75) is 38.8 Å². The van der Waals surface area contributed by atoms with Crippen LogP contribution in [0, 0.1) is 0 Å². The molecule has 10 heteroatoms. The van der Waals surface area contributed by atoms with E-state index in [1.165, 1.54) is 13.8 Å². The van der Waals surface area contributed by atoms with Crippen molar-refractivity contribution in [3.8, 4) is 0 Å². The normalized spacial score (nSPS) is 12.2. The zero-order valence-corrected chi connectivity index (χ0v) is 16.3. The largest absolute Gasteiger partial charge is 0.348 e. The molecule has 0 spiro atoms. The van der Waals surface area contributed by atoms with Gasteiger partial charge in [-0.1, -0.05) is 0 Å². The smallest absolute Gasteiger partial charge is 0.226 e. The molecule has 0 aliphatic heterocycles. The second kappa shape index (κ2) is 16.6. The van der Waals surface area contributed by atoms with E-state index >= 15 is 0 Å². The molecule has 0 fully saturated rings. The van der Waals surface area contributed by atoms with Gasteiger partial charge >= 0.3 is 0 Å². The van der Waals surface area contributed by atoms with Crippen LogP contribution < -0.4 is 32.7 Å². The fourth-order valence-corrected chi connectivity index (χ4v) is 1.74. The maximum absolute atomic E-state index is 11.1. The number of hydrogen-bond donors (Lipinski definition) is 6. The summed E-state index contributed by atoms with van der Waals surface area (Å²) < 4.78 is 0. The van der Waals surface area contributed by atoms with Gasteiger partial charge in [0.25, 0.3) is 0 Å². The minimum Gasteiger partial charge on any atom is -0.348 e. The number of hydrogen-bond acceptors (Lipinski definition) is 6. The van der Waals surface area contributed by atoms with Crippen molar-refractivity contribution >= 4 is 23.4 Å². The number of nitrogens with two attached hydrogens (primary N) is 4. The van der Waals surface area contributed by atoms with Crippen molar-refractivity contribution in [2.24, 2.45) is 11.5 Å². The van der Waals surface area contributed by atoms with Crippen molar-refractivity contribution in [1.29, 1.82) is 0 Å². The number of carbonyl (C=O) groups excluding carboxylic acids is 4. The molecule has 0 aliphatic carbocycles. The average Bonchev–Trinajstić information content (AvgIpc) is 2.60. The lowest BCUT2D eigenvalue weighted by Crippen LogP contribution is -2.80. The third-order valence-corrected chi connectivity index (χ3v) is 3.44. The highest BCUT2D eigenvalue weighted by Crippen LogP contribution is 1.85. The molecule has 10 N–H and O–H groups in total. The summed E-state index contributed by atoms with van der Waals surface area (Å²) in [6.07, 6.45) is 0.834. The number of ketones is 2. The Balaban J connectivity index is 0. The van der Waals surface area contributed by atoms with Crippen LogP contribution in [0.3, 0.4) is 0 Å². The van der Waals surface area contributed by atoms with Crippen LogP contribution in [0.15, 0.2) is 0 Å². The van der Waals surface area contributed by atoms with Gasteiger partial charge in [-0.25, -0.2) is 0 Å². The molecule has 0 saturated carbocycles. The highest BCUT2D eigenvalue weighted by atomic mass is 16.2. The molecular formula is C16H36N6O4+2. The summed E-state index contributed by atoms with van der Waals surface area (Å²) in [5, 5.41) is 8.95. The van der Waals surface area contributed by atoms with Gasteiger partial charge < -0.3 is 32.7 Å². The zero-order valence-electron chi connectivity index (χ0n) is 16.3. The molecule has 0 radical (unpaired) electrons. The van der Waals surface area contributed by atoms with E-state index in [-0.39, 0.29) is 36.5 Å². The van der Waals surface area contributed by atoms with Gasteiger partial charge in [0.2, 0.25) is 11.8 Å². The highest BCUT2D eigenvalue weighted by molar-refractivity contribution is 5.88. The van der Waals surface area contributed by atoms with Gasteiger partial charge in [0.1, 0.15) is 0 Å². The second-order valence-corrected chi connectivity index (χ2v) is 5.83. The van der Waals surface area contributed by atoms with Crippen LogP contribution in [-0.2, 0) is 19.2 Å². The summed E-state index contributed by atoms with van der Waals surface area (Å²) >= 11 is 0. The predicted molar refractivity (Wildman–Crippen MR) is 98.0 cm³/mol. The molecule has 26 heavy (non-hydrogen) atoms. The summed E-state index contributed by atoms with van der Waals surface area (Å²) in [6, 6.07) is -1.05. The van der Waals surface area contributed by atoms with Gasteiger partial charge in [0.05, 0.1) is 52.1 Å². The number of Topliss-reactive ketones (excluding diaryl/α,β-unsaturated/α-hetero) is 2. The molecular weight excluding hydrogens is 340 g/mol. The highest BCUT2D eigenvalue weighted by Gasteiger charge is 2.15. The molecule has 10 nitrogen and oxygen atoms in total. The Morgan fingerprint density at radius 1 is 0.769 bits per heavy atom. The van der Waals surface area contributed by atoms with Crippen LogP contribution >= 0.6 is 0 Å². The van der Waals surface area contributed by atoms with Crippen molar-refractivity contribution in [1.82, 2.24) is 10.6 Å². The van der Waals surface area contributed by atoms with Crippen LogP contribution in [0.5, 0.6) is 0 Å². The van der Waals surface area contributed by atoms with Crippen LogP contribution in [-0.4, -0.2) is 75.7 Å². The molecule has 0 aromatic heterocycles. The maximum Gasteiger partial charge on any atom is 0.226 e. The SMILES string of the molecule is C[NH2+]CCC(=O)NC(CN)C(C)=O.C[NH2+]CCC(=O)NC(CN)C(C)=O. The van der Waals surface area contributed by atoms with E-state index in [9.17, 15) is 19.2 Å². The van der Waals surface area contributed by atoms with Gasteiger partial charge in [-0.05, 0) is 13.8 Å². The van der Waals surface area contributed by atoms with Crippen molar-refractivity contribution in [3.63, 3.8) is 0 Å². The Bertz CT molecular complexity index is 404. The van der Waals surface area contributed by atoms with Crippen molar-refractivity contribution in [2.75, 3.05) is 40.3 Å². The summed E-state index contributed by atoms with van der Waals surface area (Å²) in [6.45, 7) is 4.61. The number of quaternary nitrogens is 2. The first-order valence-electron chi connectivity index (χ1n) is 8.78. The molecule has 0 rings (SSSR count). The van der Waals surface area contributed by atoms with E-state index in [1.54, 1.807) is 0 Å². The summed E-state index contributed by atoms with van der Waals surface area (Å²) in [5.74, 6) is -0.444. The third kappa shape index (κ3) is 14.5. The zero-order chi connectivity index (χ0) is 20.5. The van der Waals surface area contributed by atoms with Gasteiger partial charge in [-0.2, -0.15) is 0 Å². The minimum absolute atomic E-state index is 0.101. The molecule has 0 bridgehead atoms. The van der Waals surface area contributed by atoms with E-state index in [4.69, 9.17) is 11.5 Å². The van der Waals surface area contributed by atoms with Gasteiger partial charge in [-0.3, -0.25) is 19.2 Å². The van der Waals surface area contributed by atoms with Gasteiger partial charge in [-0.15, -0.1) is 0 Å². The Kier molecular flexibility index (Phi) is 16.8. The number of nitrogens with one attached hydrogen (secondary N) is 2. The van der Waals surface area contributed by atoms with Crippen LogP contribution in [0.25, 0.3) is 0 Å². The van der Waals surface area contributed by atoms with E-state index in [2.05, 4.69) is 10.6 Å². The molecule has 0 aromatic rings. The molecule has 2 amide bonds. The third-order valence-electron chi connectivity index (χ3n) is 3.44. The first kappa shape index (κ1) is 26.4. The second-order valence-electron chi connectivity index (χ2n) is 5.83. The standard InChI is InChI=1S/2C8H17N3O2/c2*1-6(12)7(5-9)11-8(13)3-4-10-2/h2*7,10H,3-5,9H2,1-2H3,(H,11,13)/p+2. The molecule has 0 aromatic carbocycles. The summed E-state index contributed by atoms with van der Waals surface area (Å²) in [5.41, 5.74) is 10.6. The van der Waals surface area contributed by atoms with Crippen molar-refractivity contribution < 1.29 is 29.8 Å². The van der Waals surface area contributed by atoms with Gasteiger partial charge in [0.15, 0.2) is 11.6 Å². The fourth-order valence-electron chi connectivity index (χ4n) is 1.74. The Hall–Kier alpha value is -1.88. The molecule has 0 heterocycles. The van der Waals surface area contributed by atoms with E-state index in [1.807, 2.05) is 24.7 Å². The van der Waals surface area contributed by atoms with Gasteiger partial charge in [0, 0.05) is 13.1 Å². The van der Waals surface area contributed by atoms with Crippen LogP contribution in [0.1, 0.15) is 26.7 Å². The molecule has 0 saturated heterocycles.